The van der Waals surface area contributed by atoms with Crippen LogP contribution in [0.5, 0.6) is 0 Å². The lowest BCUT2D eigenvalue weighted by Crippen LogP contribution is -2.30. The van der Waals surface area contributed by atoms with Crippen molar-refractivity contribution in [3.8, 4) is 0 Å². The summed E-state index contributed by atoms with van der Waals surface area (Å²) >= 11 is 0. The third-order valence-electron chi connectivity index (χ3n) is 11.7. The van der Waals surface area contributed by atoms with E-state index in [1.807, 2.05) is 0 Å². The fourth-order valence-corrected chi connectivity index (χ4v) is 7.81. The van der Waals surface area contributed by atoms with E-state index in [2.05, 4.69) is 34.6 Å². The molecule has 58 heavy (non-hydrogen) atoms. The summed E-state index contributed by atoms with van der Waals surface area (Å²) in [5, 5.41) is 0. The van der Waals surface area contributed by atoms with E-state index in [1.165, 1.54) is 173 Å². The molecule has 0 aromatic carbocycles. The highest BCUT2D eigenvalue weighted by atomic mass is 16.6. The molecule has 1 atom stereocenters. The predicted molar refractivity (Wildman–Crippen MR) is 247 cm³/mol. The molecule has 0 bridgehead atoms. The molecule has 0 aliphatic rings. The van der Waals surface area contributed by atoms with Crippen LogP contribution in [0.1, 0.15) is 285 Å². The number of hydrogen-bond acceptors (Lipinski definition) is 6. The molecule has 6 heteroatoms. The number of rotatable bonds is 46. The number of ether oxygens (including phenoxy) is 3. The van der Waals surface area contributed by atoms with Crippen LogP contribution in [-0.4, -0.2) is 37.2 Å². The zero-order valence-corrected chi connectivity index (χ0v) is 39.7. The number of unbranched alkanes of at least 4 members (excludes halogenated alkanes) is 31. The van der Waals surface area contributed by atoms with Crippen molar-refractivity contribution in [1.29, 1.82) is 0 Å². The molecule has 0 N–H and O–H groups in total. The Bertz CT molecular complexity index is 885. The van der Waals surface area contributed by atoms with Crippen molar-refractivity contribution in [2.45, 2.75) is 291 Å². The number of carbonyl (C=O) groups excluding carboxylic acids is 3. The molecule has 6 nitrogen and oxygen atoms in total. The molecular formula is C52H100O6. The van der Waals surface area contributed by atoms with Gasteiger partial charge >= 0.3 is 17.9 Å². The van der Waals surface area contributed by atoms with E-state index in [4.69, 9.17) is 14.2 Å². The van der Waals surface area contributed by atoms with Crippen LogP contribution < -0.4 is 0 Å². The second kappa shape index (κ2) is 44.9. The first-order chi connectivity index (χ1) is 28.2. The van der Waals surface area contributed by atoms with E-state index in [9.17, 15) is 14.4 Å². The third kappa shape index (κ3) is 45.5. The van der Waals surface area contributed by atoms with E-state index >= 15 is 0 Å². The average molecular weight is 821 g/mol. The Balaban J connectivity index is 4.24. The quantitative estimate of drug-likeness (QED) is 0.0346. The Morgan fingerprint density at radius 1 is 0.328 bits per heavy atom. The minimum absolute atomic E-state index is 0.0647. The first-order valence-corrected chi connectivity index (χ1v) is 25.7. The van der Waals surface area contributed by atoms with E-state index in [0.29, 0.717) is 19.3 Å². The third-order valence-corrected chi connectivity index (χ3v) is 11.7. The molecule has 0 aliphatic carbocycles. The van der Waals surface area contributed by atoms with Crippen LogP contribution in [0.3, 0.4) is 0 Å². The Morgan fingerprint density at radius 3 is 0.845 bits per heavy atom. The van der Waals surface area contributed by atoms with Crippen LogP contribution in [0.15, 0.2) is 0 Å². The van der Waals surface area contributed by atoms with E-state index in [0.717, 1.165) is 69.6 Å². The van der Waals surface area contributed by atoms with Crippen LogP contribution in [-0.2, 0) is 28.6 Å². The van der Waals surface area contributed by atoms with Gasteiger partial charge < -0.3 is 14.2 Å². The topological polar surface area (TPSA) is 78.9 Å². The highest BCUT2D eigenvalue weighted by Crippen LogP contribution is 2.17. The molecule has 344 valence electrons. The number of carbonyl (C=O) groups is 3. The van der Waals surface area contributed by atoms with Crippen LogP contribution in [0.2, 0.25) is 0 Å². The SMILES string of the molecule is CCCCCCCCCCCCCCCCCC(=O)OC[C@@H](COC(=O)CCCCCCCCCCCCCCCC(C)C)OC(=O)CCCCCCCCC(C)C. The zero-order valence-electron chi connectivity index (χ0n) is 39.7. The summed E-state index contributed by atoms with van der Waals surface area (Å²) in [7, 11) is 0. The molecule has 0 saturated carbocycles. The number of hydrogen-bond donors (Lipinski definition) is 0. The first kappa shape index (κ1) is 56.4. The minimum Gasteiger partial charge on any atom is -0.462 e. The largest absolute Gasteiger partial charge is 0.462 e. The van der Waals surface area contributed by atoms with Gasteiger partial charge in [0.05, 0.1) is 0 Å². The highest BCUT2D eigenvalue weighted by molar-refractivity contribution is 5.71. The molecule has 0 radical (unpaired) electrons. The maximum Gasteiger partial charge on any atom is 0.306 e. The van der Waals surface area contributed by atoms with Crippen LogP contribution in [0.4, 0.5) is 0 Å². The van der Waals surface area contributed by atoms with Gasteiger partial charge in [0.25, 0.3) is 0 Å². The summed E-state index contributed by atoms with van der Waals surface area (Å²) in [6, 6.07) is 0. The van der Waals surface area contributed by atoms with Crippen molar-refractivity contribution in [1.82, 2.24) is 0 Å². The van der Waals surface area contributed by atoms with Crippen molar-refractivity contribution < 1.29 is 28.6 Å². The van der Waals surface area contributed by atoms with Crippen LogP contribution >= 0.6 is 0 Å². The maximum atomic E-state index is 12.7. The Morgan fingerprint density at radius 2 is 0.569 bits per heavy atom. The summed E-state index contributed by atoms with van der Waals surface area (Å²) in [5.41, 5.74) is 0. The van der Waals surface area contributed by atoms with Gasteiger partial charge in [0.15, 0.2) is 6.10 Å². The summed E-state index contributed by atoms with van der Waals surface area (Å²) in [4.78, 5) is 37.9. The molecule has 0 unspecified atom stereocenters. The molecule has 0 spiro atoms. The van der Waals surface area contributed by atoms with Gasteiger partial charge in [0.1, 0.15) is 13.2 Å². The summed E-state index contributed by atoms with van der Waals surface area (Å²) in [6.07, 6.45) is 45.3. The molecule has 0 aromatic rings. The molecular weight excluding hydrogens is 721 g/mol. The second-order valence-corrected chi connectivity index (χ2v) is 18.8. The van der Waals surface area contributed by atoms with E-state index in [-0.39, 0.29) is 31.1 Å². The molecule has 0 heterocycles. The van der Waals surface area contributed by atoms with Gasteiger partial charge in [-0.15, -0.1) is 0 Å². The molecule has 0 saturated heterocycles. The van der Waals surface area contributed by atoms with Gasteiger partial charge in [-0.1, -0.05) is 247 Å². The second-order valence-electron chi connectivity index (χ2n) is 18.8. The zero-order chi connectivity index (χ0) is 42.6. The standard InChI is InChI=1S/C52H100O6/c1-6-7-8-9-10-11-12-13-14-17-20-23-26-32-37-42-50(53)56-45-49(58-52(55)44-39-34-29-28-31-36-41-48(4)5)46-57-51(54)43-38-33-27-24-21-18-15-16-19-22-25-30-35-40-47(2)3/h47-49H,6-46H2,1-5H3/t49-/m0/s1. The van der Waals surface area contributed by atoms with Crippen molar-refractivity contribution in [3.05, 3.63) is 0 Å². The highest BCUT2D eigenvalue weighted by Gasteiger charge is 2.19. The molecule has 0 aliphatic heterocycles. The lowest BCUT2D eigenvalue weighted by atomic mass is 10.0. The van der Waals surface area contributed by atoms with Gasteiger partial charge in [0.2, 0.25) is 0 Å². The Kier molecular flexibility index (Phi) is 43.7. The van der Waals surface area contributed by atoms with Gasteiger partial charge in [-0.2, -0.15) is 0 Å². The molecule has 0 rings (SSSR count). The fourth-order valence-electron chi connectivity index (χ4n) is 7.81. The predicted octanol–water partition coefficient (Wildman–Crippen LogP) is 16.5. The fraction of sp³-hybridized carbons (Fsp3) is 0.942. The van der Waals surface area contributed by atoms with Gasteiger partial charge in [0, 0.05) is 19.3 Å². The van der Waals surface area contributed by atoms with Crippen molar-refractivity contribution >= 4 is 17.9 Å². The summed E-state index contributed by atoms with van der Waals surface area (Å²) < 4.78 is 16.8. The average Bonchev–Trinajstić information content (AvgIpc) is 3.19. The van der Waals surface area contributed by atoms with Gasteiger partial charge in [-0.3, -0.25) is 14.4 Å². The van der Waals surface area contributed by atoms with E-state index < -0.39 is 6.10 Å². The lowest BCUT2D eigenvalue weighted by molar-refractivity contribution is -0.167. The first-order valence-electron chi connectivity index (χ1n) is 25.7. The monoisotopic (exact) mass is 821 g/mol. The van der Waals surface area contributed by atoms with Crippen molar-refractivity contribution in [2.75, 3.05) is 13.2 Å². The summed E-state index contributed by atoms with van der Waals surface area (Å²) in [5.74, 6) is 0.745. The molecule has 0 amide bonds. The van der Waals surface area contributed by atoms with Crippen molar-refractivity contribution in [3.63, 3.8) is 0 Å². The minimum atomic E-state index is -0.762. The lowest BCUT2D eigenvalue weighted by Gasteiger charge is -2.18. The van der Waals surface area contributed by atoms with Crippen molar-refractivity contribution in [2.24, 2.45) is 11.8 Å². The van der Waals surface area contributed by atoms with Gasteiger partial charge in [-0.05, 0) is 31.1 Å². The van der Waals surface area contributed by atoms with Crippen LogP contribution in [0.25, 0.3) is 0 Å². The normalized spacial score (nSPS) is 12.1. The van der Waals surface area contributed by atoms with E-state index in [1.54, 1.807) is 0 Å². The summed E-state index contributed by atoms with van der Waals surface area (Å²) in [6.45, 7) is 11.3. The van der Waals surface area contributed by atoms with Gasteiger partial charge in [-0.25, -0.2) is 0 Å². The molecule has 0 aromatic heterocycles. The number of esters is 3. The van der Waals surface area contributed by atoms with Crippen LogP contribution in [0, 0.1) is 11.8 Å². The maximum absolute atomic E-state index is 12.7. The molecule has 0 fully saturated rings. The Hall–Kier alpha value is -1.59. The Labute approximate surface area is 361 Å². The smallest absolute Gasteiger partial charge is 0.306 e.